The van der Waals surface area contributed by atoms with Crippen LogP contribution in [0.25, 0.3) is 0 Å². The molecular weight excluding hydrogens is 286 g/mol. The van der Waals surface area contributed by atoms with Crippen LogP contribution < -0.4 is 10.1 Å². The lowest BCUT2D eigenvalue weighted by atomic mass is 10.0. The summed E-state index contributed by atoms with van der Waals surface area (Å²) in [6.45, 7) is 2.81. The molecule has 0 spiro atoms. The summed E-state index contributed by atoms with van der Waals surface area (Å²) in [7, 11) is 0. The first-order valence-corrected chi connectivity index (χ1v) is 8.28. The molecule has 1 aliphatic heterocycles. The second-order valence-electron chi connectivity index (χ2n) is 6.21. The zero-order valence-electron chi connectivity index (χ0n) is 13.5. The Morgan fingerprint density at radius 1 is 1.17 bits per heavy atom. The molecule has 0 aliphatic carbocycles. The number of ether oxygens (including phenoxy) is 1. The highest BCUT2D eigenvalue weighted by Gasteiger charge is 2.14. The summed E-state index contributed by atoms with van der Waals surface area (Å²) in [5.74, 6) is 1.01. The van der Waals surface area contributed by atoms with E-state index in [4.69, 9.17) is 4.74 Å². The Morgan fingerprint density at radius 3 is 2.83 bits per heavy atom. The van der Waals surface area contributed by atoms with Crippen LogP contribution >= 0.6 is 0 Å². The van der Waals surface area contributed by atoms with E-state index in [-0.39, 0.29) is 11.9 Å². The highest BCUT2D eigenvalue weighted by atomic mass is 16.5. The Morgan fingerprint density at radius 2 is 2.00 bits per heavy atom. The van der Waals surface area contributed by atoms with Gasteiger partial charge < -0.3 is 10.1 Å². The molecule has 1 N–H and O–H groups in total. The Hall–Kier alpha value is -2.29. The standard InChI is InChI=1S/C20H23NO2/c1-15(7-8-16-5-3-2-4-6-16)21-20(22)14-17-9-10-18-11-12-23-19(18)13-17/h2-6,9-10,13,15H,7-8,11-12,14H2,1H3,(H,21,22)/t15-/m0/s1. The monoisotopic (exact) mass is 309 g/mol. The van der Waals surface area contributed by atoms with Crippen molar-refractivity contribution in [3.8, 4) is 5.75 Å². The van der Waals surface area contributed by atoms with E-state index in [1.165, 1.54) is 11.1 Å². The molecule has 3 heteroatoms. The molecule has 1 amide bonds. The molecule has 0 saturated carbocycles. The van der Waals surface area contributed by atoms with Gasteiger partial charge in [-0.1, -0.05) is 42.5 Å². The second kappa shape index (κ2) is 7.32. The van der Waals surface area contributed by atoms with Gasteiger partial charge in [-0.3, -0.25) is 4.79 Å². The summed E-state index contributed by atoms with van der Waals surface area (Å²) >= 11 is 0. The van der Waals surface area contributed by atoms with Crippen LogP contribution in [-0.4, -0.2) is 18.6 Å². The normalized spacial score (nSPS) is 14.0. The first-order chi connectivity index (χ1) is 11.2. The molecule has 0 unspecified atom stereocenters. The third-order valence-corrected chi connectivity index (χ3v) is 4.24. The maximum absolute atomic E-state index is 12.2. The number of fused-ring (bicyclic) bond motifs is 1. The van der Waals surface area contributed by atoms with Crippen LogP contribution in [-0.2, 0) is 24.1 Å². The summed E-state index contributed by atoms with van der Waals surface area (Å²) in [5.41, 5.74) is 3.56. The highest BCUT2D eigenvalue weighted by Crippen LogP contribution is 2.26. The van der Waals surface area contributed by atoms with Crippen molar-refractivity contribution in [1.82, 2.24) is 5.32 Å². The third-order valence-electron chi connectivity index (χ3n) is 4.24. The van der Waals surface area contributed by atoms with Crippen LogP contribution in [0.15, 0.2) is 48.5 Å². The van der Waals surface area contributed by atoms with E-state index >= 15 is 0 Å². The average molecular weight is 309 g/mol. The van der Waals surface area contributed by atoms with E-state index in [0.717, 1.165) is 37.2 Å². The van der Waals surface area contributed by atoms with Gasteiger partial charge >= 0.3 is 0 Å². The van der Waals surface area contributed by atoms with Crippen molar-refractivity contribution in [2.75, 3.05) is 6.61 Å². The Balaban J connectivity index is 1.47. The molecule has 0 aromatic heterocycles. The lowest BCUT2D eigenvalue weighted by molar-refractivity contribution is -0.121. The molecule has 23 heavy (non-hydrogen) atoms. The fraction of sp³-hybridized carbons (Fsp3) is 0.350. The lowest BCUT2D eigenvalue weighted by Crippen LogP contribution is -2.34. The molecule has 2 aromatic rings. The van der Waals surface area contributed by atoms with E-state index in [1.807, 2.05) is 18.2 Å². The Bertz CT molecular complexity index is 667. The number of benzene rings is 2. The van der Waals surface area contributed by atoms with Gasteiger partial charge in [0.25, 0.3) is 0 Å². The fourth-order valence-corrected chi connectivity index (χ4v) is 2.93. The van der Waals surface area contributed by atoms with Crippen LogP contribution in [0.3, 0.4) is 0 Å². The second-order valence-corrected chi connectivity index (χ2v) is 6.21. The van der Waals surface area contributed by atoms with Gasteiger partial charge in [-0.15, -0.1) is 0 Å². The maximum Gasteiger partial charge on any atom is 0.224 e. The number of hydrogen-bond acceptors (Lipinski definition) is 2. The van der Waals surface area contributed by atoms with Gasteiger partial charge in [-0.25, -0.2) is 0 Å². The number of aryl methyl sites for hydroxylation is 1. The Labute approximate surface area is 137 Å². The Kier molecular flexibility index (Phi) is 4.96. The van der Waals surface area contributed by atoms with Gasteiger partial charge in [0.2, 0.25) is 5.91 Å². The number of carbonyl (C=O) groups is 1. The third kappa shape index (κ3) is 4.35. The van der Waals surface area contributed by atoms with Crippen LogP contribution in [0.5, 0.6) is 5.75 Å². The van der Waals surface area contributed by atoms with Crippen LogP contribution in [0.4, 0.5) is 0 Å². The first kappa shape index (κ1) is 15.6. The molecule has 1 atom stereocenters. The molecule has 2 aromatic carbocycles. The largest absolute Gasteiger partial charge is 0.493 e. The molecule has 0 bridgehead atoms. The highest BCUT2D eigenvalue weighted by molar-refractivity contribution is 5.79. The SMILES string of the molecule is C[C@@H](CCc1ccccc1)NC(=O)Cc1ccc2c(c1)OCC2. The van der Waals surface area contributed by atoms with Crippen LogP contribution in [0.1, 0.15) is 30.0 Å². The number of carbonyl (C=O) groups excluding carboxylic acids is 1. The van der Waals surface area contributed by atoms with Gasteiger partial charge in [0.15, 0.2) is 0 Å². The van der Waals surface area contributed by atoms with E-state index < -0.39 is 0 Å². The quantitative estimate of drug-likeness (QED) is 0.889. The summed E-state index contributed by atoms with van der Waals surface area (Å²) < 4.78 is 5.56. The molecule has 3 rings (SSSR count). The number of hydrogen-bond donors (Lipinski definition) is 1. The van der Waals surface area contributed by atoms with Crippen molar-refractivity contribution < 1.29 is 9.53 Å². The van der Waals surface area contributed by atoms with Gasteiger partial charge in [-0.2, -0.15) is 0 Å². The maximum atomic E-state index is 12.2. The molecule has 1 aliphatic rings. The lowest BCUT2D eigenvalue weighted by Gasteiger charge is -2.14. The molecular formula is C20H23NO2. The minimum Gasteiger partial charge on any atom is -0.493 e. The number of amides is 1. The smallest absolute Gasteiger partial charge is 0.224 e. The van der Waals surface area contributed by atoms with Crippen LogP contribution in [0, 0.1) is 0 Å². The van der Waals surface area contributed by atoms with Crippen molar-refractivity contribution in [2.24, 2.45) is 0 Å². The topological polar surface area (TPSA) is 38.3 Å². The van der Waals surface area contributed by atoms with Gasteiger partial charge in [-0.05, 0) is 42.5 Å². The molecule has 0 saturated heterocycles. The van der Waals surface area contributed by atoms with Crippen molar-refractivity contribution in [2.45, 2.75) is 38.6 Å². The van der Waals surface area contributed by atoms with E-state index in [9.17, 15) is 4.79 Å². The van der Waals surface area contributed by atoms with E-state index in [0.29, 0.717) is 6.42 Å². The number of rotatable bonds is 6. The van der Waals surface area contributed by atoms with Crippen molar-refractivity contribution in [3.63, 3.8) is 0 Å². The minimum absolute atomic E-state index is 0.0727. The zero-order chi connectivity index (χ0) is 16.1. The summed E-state index contributed by atoms with van der Waals surface area (Å²) in [4.78, 5) is 12.2. The molecule has 3 nitrogen and oxygen atoms in total. The molecule has 1 heterocycles. The molecule has 120 valence electrons. The first-order valence-electron chi connectivity index (χ1n) is 8.28. The minimum atomic E-state index is 0.0727. The predicted molar refractivity (Wildman–Crippen MR) is 91.7 cm³/mol. The predicted octanol–water partition coefficient (Wildman–Crippen LogP) is 3.30. The van der Waals surface area contributed by atoms with Gasteiger partial charge in [0.1, 0.15) is 5.75 Å². The number of nitrogens with one attached hydrogen (secondary N) is 1. The summed E-state index contributed by atoms with van der Waals surface area (Å²) in [5, 5.41) is 3.09. The van der Waals surface area contributed by atoms with Crippen LogP contribution in [0.2, 0.25) is 0 Å². The fourth-order valence-electron chi connectivity index (χ4n) is 2.93. The van der Waals surface area contributed by atoms with Gasteiger partial charge in [0, 0.05) is 12.5 Å². The van der Waals surface area contributed by atoms with E-state index in [2.05, 4.69) is 42.6 Å². The van der Waals surface area contributed by atoms with Crippen molar-refractivity contribution in [1.29, 1.82) is 0 Å². The van der Waals surface area contributed by atoms with Crippen molar-refractivity contribution >= 4 is 5.91 Å². The van der Waals surface area contributed by atoms with E-state index in [1.54, 1.807) is 0 Å². The summed E-state index contributed by atoms with van der Waals surface area (Å²) in [6.07, 6.45) is 3.31. The van der Waals surface area contributed by atoms with Crippen molar-refractivity contribution in [3.05, 3.63) is 65.2 Å². The summed E-state index contributed by atoms with van der Waals surface area (Å²) in [6, 6.07) is 16.6. The molecule has 0 radical (unpaired) electrons. The van der Waals surface area contributed by atoms with Gasteiger partial charge in [0.05, 0.1) is 13.0 Å². The zero-order valence-corrected chi connectivity index (χ0v) is 13.5. The molecule has 0 fully saturated rings. The average Bonchev–Trinajstić information content (AvgIpc) is 3.01.